The monoisotopic (exact) mass is 325 g/mol. The van der Waals surface area contributed by atoms with Gasteiger partial charge in [-0.05, 0) is 37.5 Å². The molecule has 1 atom stereocenters. The lowest BCUT2D eigenvalue weighted by Gasteiger charge is -2.48. The Hall–Kier alpha value is -0.650. The Morgan fingerprint density at radius 1 is 1.22 bits per heavy atom. The highest BCUT2D eigenvalue weighted by Crippen LogP contribution is 2.44. The third-order valence-electron chi connectivity index (χ3n) is 6.15. The van der Waals surface area contributed by atoms with Crippen LogP contribution in [0.5, 0.6) is 0 Å². The first kappa shape index (κ1) is 17.2. The van der Waals surface area contributed by atoms with Gasteiger partial charge in [-0.2, -0.15) is 0 Å². The number of nitrogens with zero attached hydrogens (tertiary/aromatic N) is 1. The Balaban J connectivity index is 1.47. The lowest BCUT2D eigenvalue weighted by Crippen LogP contribution is -2.51. The second-order valence-corrected chi connectivity index (χ2v) is 7.44. The number of rotatable bonds is 5. The molecule has 1 amide bonds. The summed E-state index contributed by atoms with van der Waals surface area (Å²) >= 11 is 0. The van der Waals surface area contributed by atoms with Crippen LogP contribution in [0.25, 0.3) is 0 Å². The average Bonchev–Trinajstić information content (AvgIpc) is 3.09. The number of likely N-dealkylation sites (tertiary alicyclic amines) is 1. The van der Waals surface area contributed by atoms with Gasteiger partial charge in [0.15, 0.2) is 0 Å². The predicted molar refractivity (Wildman–Crippen MR) is 87.3 cm³/mol. The molecule has 2 saturated heterocycles. The molecule has 2 aliphatic heterocycles. The van der Waals surface area contributed by atoms with Crippen molar-refractivity contribution in [3.05, 3.63) is 0 Å². The topological polar surface area (TPSA) is 48.0 Å². The Bertz CT molecular complexity index is 384. The molecule has 3 rings (SSSR count). The second-order valence-electron chi connectivity index (χ2n) is 7.44. The van der Waals surface area contributed by atoms with E-state index in [1.54, 1.807) is 7.11 Å². The van der Waals surface area contributed by atoms with E-state index in [1.165, 1.54) is 12.8 Å². The van der Waals surface area contributed by atoms with E-state index in [0.717, 1.165) is 65.0 Å². The number of ether oxygens (including phenoxy) is 3. The zero-order chi connectivity index (χ0) is 16.1. The standard InChI is InChI=1S/C18H31NO4/c1-21-12-15-13-22-11-8-18(15)6-9-19(10-7-18)17(20)14-23-16-4-2-3-5-16/h15-16H,2-14H2,1H3. The summed E-state index contributed by atoms with van der Waals surface area (Å²) in [4.78, 5) is 14.4. The molecule has 23 heavy (non-hydrogen) atoms. The van der Waals surface area contributed by atoms with Crippen LogP contribution in [0.2, 0.25) is 0 Å². The molecule has 0 radical (unpaired) electrons. The zero-order valence-electron chi connectivity index (χ0n) is 14.4. The molecule has 0 aromatic carbocycles. The van der Waals surface area contributed by atoms with E-state index >= 15 is 0 Å². The number of hydrogen-bond donors (Lipinski definition) is 0. The first-order valence-electron chi connectivity index (χ1n) is 9.19. The number of hydrogen-bond acceptors (Lipinski definition) is 4. The van der Waals surface area contributed by atoms with Crippen LogP contribution in [0.3, 0.4) is 0 Å². The van der Waals surface area contributed by atoms with Crippen LogP contribution in [-0.4, -0.2) is 63.5 Å². The first-order valence-corrected chi connectivity index (χ1v) is 9.19. The van der Waals surface area contributed by atoms with Crippen LogP contribution in [0.1, 0.15) is 44.9 Å². The van der Waals surface area contributed by atoms with Gasteiger partial charge in [0.25, 0.3) is 0 Å². The third kappa shape index (κ3) is 4.06. The van der Waals surface area contributed by atoms with Crippen molar-refractivity contribution in [2.75, 3.05) is 46.6 Å². The van der Waals surface area contributed by atoms with E-state index in [1.807, 2.05) is 4.90 Å². The van der Waals surface area contributed by atoms with Crippen molar-refractivity contribution in [3.8, 4) is 0 Å². The van der Waals surface area contributed by atoms with Crippen LogP contribution >= 0.6 is 0 Å². The van der Waals surface area contributed by atoms with Gasteiger partial charge in [-0.25, -0.2) is 0 Å². The summed E-state index contributed by atoms with van der Waals surface area (Å²) < 4.78 is 16.8. The van der Waals surface area contributed by atoms with Crippen LogP contribution in [-0.2, 0) is 19.0 Å². The Morgan fingerprint density at radius 3 is 2.65 bits per heavy atom. The molecule has 3 aliphatic rings. The highest BCUT2D eigenvalue weighted by atomic mass is 16.5. The van der Waals surface area contributed by atoms with Crippen molar-refractivity contribution in [3.63, 3.8) is 0 Å². The molecule has 0 aromatic heterocycles. The maximum atomic E-state index is 12.4. The van der Waals surface area contributed by atoms with E-state index in [4.69, 9.17) is 14.2 Å². The van der Waals surface area contributed by atoms with Gasteiger partial charge in [0.05, 0.1) is 19.3 Å². The van der Waals surface area contributed by atoms with Crippen LogP contribution in [0, 0.1) is 11.3 Å². The molecule has 0 aromatic rings. The minimum Gasteiger partial charge on any atom is -0.384 e. The molecule has 0 N–H and O–H groups in total. The lowest BCUT2D eigenvalue weighted by atomic mass is 9.66. The maximum Gasteiger partial charge on any atom is 0.248 e. The zero-order valence-corrected chi connectivity index (χ0v) is 14.4. The summed E-state index contributed by atoms with van der Waals surface area (Å²) in [6.45, 7) is 4.38. The van der Waals surface area contributed by atoms with E-state index in [0.29, 0.717) is 17.4 Å². The molecule has 1 aliphatic carbocycles. The molecular formula is C18H31NO4. The van der Waals surface area contributed by atoms with Gasteiger partial charge >= 0.3 is 0 Å². The average molecular weight is 325 g/mol. The van der Waals surface area contributed by atoms with Gasteiger partial charge in [-0.1, -0.05) is 12.8 Å². The quantitative estimate of drug-likeness (QED) is 0.778. The van der Waals surface area contributed by atoms with Gasteiger partial charge in [0, 0.05) is 32.7 Å². The smallest absolute Gasteiger partial charge is 0.248 e. The summed E-state index contributed by atoms with van der Waals surface area (Å²) in [5, 5.41) is 0. The van der Waals surface area contributed by atoms with Crippen LogP contribution < -0.4 is 0 Å². The van der Waals surface area contributed by atoms with Crippen molar-refractivity contribution >= 4 is 5.91 Å². The van der Waals surface area contributed by atoms with Crippen molar-refractivity contribution in [1.29, 1.82) is 0 Å². The molecule has 1 unspecified atom stereocenters. The fraction of sp³-hybridized carbons (Fsp3) is 0.944. The number of piperidine rings is 1. The van der Waals surface area contributed by atoms with E-state index in [2.05, 4.69) is 0 Å². The Morgan fingerprint density at radius 2 is 1.96 bits per heavy atom. The molecule has 5 heteroatoms. The first-order chi connectivity index (χ1) is 11.2. The SMILES string of the molecule is COCC1COCCC12CCN(C(=O)COC1CCCC1)CC2. The molecule has 1 spiro atoms. The highest BCUT2D eigenvalue weighted by Gasteiger charge is 2.44. The number of methoxy groups -OCH3 is 1. The molecule has 5 nitrogen and oxygen atoms in total. The van der Waals surface area contributed by atoms with Gasteiger partial charge in [0.1, 0.15) is 6.61 Å². The summed E-state index contributed by atoms with van der Waals surface area (Å²) in [6.07, 6.45) is 8.28. The summed E-state index contributed by atoms with van der Waals surface area (Å²) in [7, 11) is 1.77. The van der Waals surface area contributed by atoms with Gasteiger partial charge in [-0.15, -0.1) is 0 Å². The van der Waals surface area contributed by atoms with Crippen molar-refractivity contribution < 1.29 is 19.0 Å². The molecule has 132 valence electrons. The molecular weight excluding hydrogens is 294 g/mol. The summed E-state index contributed by atoms with van der Waals surface area (Å²) in [5.41, 5.74) is 0.303. The normalized spacial score (nSPS) is 28.4. The third-order valence-corrected chi connectivity index (χ3v) is 6.15. The summed E-state index contributed by atoms with van der Waals surface area (Å²) in [5.74, 6) is 0.635. The minimum atomic E-state index is 0.169. The van der Waals surface area contributed by atoms with Crippen LogP contribution in [0.15, 0.2) is 0 Å². The van der Waals surface area contributed by atoms with Gasteiger partial charge < -0.3 is 19.1 Å². The van der Waals surface area contributed by atoms with Crippen molar-refractivity contribution in [1.82, 2.24) is 4.90 Å². The van der Waals surface area contributed by atoms with Crippen molar-refractivity contribution in [2.45, 2.75) is 51.0 Å². The lowest BCUT2D eigenvalue weighted by molar-refractivity contribution is -0.144. The Labute approximate surface area is 139 Å². The van der Waals surface area contributed by atoms with E-state index in [-0.39, 0.29) is 12.5 Å². The minimum absolute atomic E-state index is 0.169. The largest absolute Gasteiger partial charge is 0.384 e. The Kier molecular flexibility index (Phi) is 5.94. The van der Waals surface area contributed by atoms with Crippen LogP contribution in [0.4, 0.5) is 0 Å². The fourth-order valence-electron chi connectivity index (χ4n) is 4.50. The number of carbonyl (C=O) groups excluding carboxylic acids is 1. The second kappa shape index (κ2) is 7.95. The fourth-order valence-corrected chi connectivity index (χ4v) is 4.50. The van der Waals surface area contributed by atoms with Gasteiger partial charge in [0.2, 0.25) is 5.91 Å². The molecule has 2 heterocycles. The highest BCUT2D eigenvalue weighted by molar-refractivity contribution is 5.77. The molecule has 3 fully saturated rings. The van der Waals surface area contributed by atoms with Gasteiger partial charge in [-0.3, -0.25) is 4.79 Å². The number of amides is 1. The molecule has 1 saturated carbocycles. The summed E-state index contributed by atoms with van der Waals surface area (Å²) in [6, 6.07) is 0. The maximum absolute atomic E-state index is 12.4. The number of carbonyl (C=O) groups is 1. The predicted octanol–water partition coefficient (Wildman–Crippen LogP) is 2.24. The molecule has 0 bridgehead atoms. The van der Waals surface area contributed by atoms with E-state index in [9.17, 15) is 4.79 Å². The van der Waals surface area contributed by atoms with Crippen molar-refractivity contribution in [2.24, 2.45) is 11.3 Å². The van der Waals surface area contributed by atoms with E-state index < -0.39 is 0 Å².